The number of H-pyrrole nitrogens is 1. The number of carbonyl (C=O) groups is 1. The molecule has 0 aliphatic rings. The van der Waals surface area contributed by atoms with Crippen molar-refractivity contribution in [2.75, 3.05) is 11.9 Å². The van der Waals surface area contributed by atoms with Crippen molar-refractivity contribution in [3.63, 3.8) is 0 Å². The minimum Gasteiger partial charge on any atom is -0.330 e. The lowest BCUT2D eigenvalue weighted by Crippen LogP contribution is -2.21. The van der Waals surface area contributed by atoms with Gasteiger partial charge in [-0.3, -0.25) is 4.79 Å². The van der Waals surface area contributed by atoms with Crippen LogP contribution in [-0.4, -0.2) is 33.1 Å². The van der Waals surface area contributed by atoms with Crippen molar-refractivity contribution in [2.24, 2.45) is 11.7 Å². The Kier molecular flexibility index (Phi) is 4.78. The number of tetrazole rings is 1. The summed E-state index contributed by atoms with van der Waals surface area (Å²) in [6, 6.07) is 7.33. The van der Waals surface area contributed by atoms with Crippen LogP contribution < -0.4 is 11.1 Å². The number of benzene rings is 1. The van der Waals surface area contributed by atoms with Crippen LogP contribution in [0.5, 0.6) is 0 Å². The van der Waals surface area contributed by atoms with Gasteiger partial charge in [0.2, 0.25) is 11.7 Å². The Balaban J connectivity index is 2.03. The van der Waals surface area contributed by atoms with Gasteiger partial charge in [0.15, 0.2) is 0 Å². The number of aromatic nitrogens is 4. The maximum Gasteiger partial charge on any atom is 0.224 e. The van der Waals surface area contributed by atoms with Crippen LogP contribution in [0.3, 0.4) is 0 Å². The van der Waals surface area contributed by atoms with Gasteiger partial charge in [-0.2, -0.15) is 5.21 Å². The highest BCUT2D eigenvalue weighted by atomic mass is 16.1. The van der Waals surface area contributed by atoms with Crippen LogP contribution >= 0.6 is 0 Å². The number of nitrogens with one attached hydrogen (secondary N) is 2. The molecule has 1 atom stereocenters. The first-order chi connectivity index (χ1) is 9.72. The van der Waals surface area contributed by atoms with Crippen LogP contribution in [0.1, 0.15) is 19.8 Å². The third-order valence-corrected chi connectivity index (χ3v) is 3.13. The first-order valence-electron chi connectivity index (χ1n) is 6.56. The zero-order valence-corrected chi connectivity index (χ0v) is 11.3. The third-order valence-electron chi connectivity index (χ3n) is 3.13. The van der Waals surface area contributed by atoms with E-state index in [9.17, 15) is 4.79 Å². The summed E-state index contributed by atoms with van der Waals surface area (Å²) in [6.45, 7) is 2.55. The van der Waals surface area contributed by atoms with Crippen LogP contribution in [0, 0.1) is 5.92 Å². The van der Waals surface area contributed by atoms with Gasteiger partial charge in [-0.25, -0.2) is 0 Å². The van der Waals surface area contributed by atoms with Gasteiger partial charge in [0.05, 0.1) is 0 Å². The van der Waals surface area contributed by atoms with Crippen LogP contribution in [0.4, 0.5) is 5.69 Å². The molecule has 2 aromatic rings. The lowest BCUT2D eigenvalue weighted by molar-refractivity contribution is -0.117. The van der Waals surface area contributed by atoms with E-state index in [4.69, 9.17) is 5.73 Å². The molecule has 1 aromatic heterocycles. The topological polar surface area (TPSA) is 110 Å². The molecule has 1 amide bonds. The quantitative estimate of drug-likeness (QED) is 0.732. The van der Waals surface area contributed by atoms with E-state index in [1.807, 2.05) is 31.2 Å². The highest BCUT2D eigenvalue weighted by molar-refractivity contribution is 5.91. The van der Waals surface area contributed by atoms with Crippen molar-refractivity contribution in [3.05, 3.63) is 24.3 Å². The summed E-state index contributed by atoms with van der Waals surface area (Å²) in [6.07, 6.45) is 1.33. The zero-order valence-electron chi connectivity index (χ0n) is 11.3. The van der Waals surface area contributed by atoms with Crippen LogP contribution in [-0.2, 0) is 4.79 Å². The van der Waals surface area contributed by atoms with Gasteiger partial charge in [0.1, 0.15) is 0 Å². The molecule has 0 bridgehead atoms. The minimum atomic E-state index is -0.0347. The van der Waals surface area contributed by atoms with Gasteiger partial charge in [-0.15, -0.1) is 10.2 Å². The van der Waals surface area contributed by atoms with Gasteiger partial charge in [-0.05, 0) is 29.8 Å². The molecule has 0 aliphatic heterocycles. The molecule has 7 nitrogen and oxygen atoms in total. The number of carbonyl (C=O) groups excluding carboxylic acids is 1. The third kappa shape index (κ3) is 3.61. The second-order valence-electron chi connectivity index (χ2n) is 4.58. The minimum absolute atomic E-state index is 0.0347. The number of nitrogens with two attached hydrogens (primary N) is 1. The molecule has 7 heteroatoms. The molecule has 1 aromatic carbocycles. The van der Waals surface area contributed by atoms with Crippen LogP contribution in [0.2, 0.25) is 0 Å². The van der Waals surface area contributed by atoms with Crippen molar-refractivity contribution < 1.29 is 4.79 Å². The standard InChI is InChI=1S/C13H18N6O/c1-2-9(8-14)6-12(20)15-11-5-3-4-10(7-11)13-16-18-19-17-13/h3-5,7,9H,2,6,8,14H2,1H3,(H,15,20)(H,16,17,18,19). The van der Waals surface area contributed by atoms with Gasteiger partial charge >= 0.3 is 0 Å². The number of aromatic amines is 1. The Hall–Kier alpha value is -2.28. The van der Waals surface area contributed by atoms with Gasteiger partial charge in [-0.1, -0.05) is 25.5 Å². The molecule has 20 heavy (non-hydrogen) atoms. The van der Waals surface area contributed by atoms with Crippen molar-refractivity contribution in [2.45, 2.75) is 19.8 Å². The average Bonchev–Trinajstić information content (AvgIpc) is 2.99. The van der Waals surface area contributed by atoms with E-state index in [0.29, 0.717) is 24.5 Å². The first kappa shape index (κ1) is 14.1. The van der Waals surface area contributed by atoms with Gasteiger partial charge < -0.3 is 11.1 Å². The summed E-state index contributed by atoms with van der Waals surface area (Å²) in [5, 5.41) is 16.6. The monoisotopic (exact) mass is 274 g/mol. The molecule has 0 saturated carbocycles. The van der Waals surface area contributed by atoms with E-state index in [-0.39, 0.29) is 11.8 Å². The summed E-state index contributed by atoms with van der Waals surface area (Å²) in [5.74, 6) is 0.678. The van der Waals surface area contributed by atoms with Gasteiger partial charge in [0, 0.05) is 17.7 Å². The van der Waals surface area contributed by atoms with E-state index in [1.165, 1.54) is 0 Å². The predicted octanol–water partition coefficient (Wildman–Crippen LogP) is 1.18. The highest BCUT2D eigenvalue weighted by Crippen LogP contribution is 2.19. The lowest BCUT2D eigenvalue weighted by Gasteiger charge is -2.12. The second-order valence-corrected chi connectivity index (χ2v) is 4.58. The largest absolute Gasteiger partial charge is 0.330 e. The fraction of sp³-hybridized carbons (Fsp3) is 0.385. The molecule has 106 valence electrons. The van der Waals surface area contributed by atoms with Gasteiger partial charge in [0.25, 0.3) is 0 Å². The molecule has 1 unspecified atom stereocenters. The number of hydrogen-bond acceptors (Lipinski definition) is 5. The molecule has 0 spiro atoms. The SMILES string of the molecule is CCC(CN)CC(=O)Nc1cccc(-c2nn[nH]n2)c1. The Morgan fingerprint density at radius 3 is 3.00 bits per heavy atom. The lowest BCUT2D eigenvalue weighted by atomic mass is 10.0. The maximum absolute atomic E-state index is 11.9. The summed E-state index contributed by atoms with van der Waals surface area (Å²) >= 11 is 0. The molecule has 4 N–H and O–H groups in total. The molecule has 0 aliphatic carbocycles. The van der Waals surface area contributed by atoms with Crippen LogP contribution in [0.25, 0.3) is 11.4 Å². The molecular weight excluding hydrogens is 256 g/mol. The maximum atomic E-state index is 11.9. The Bertz CT molecular complexity index is 550. The highest BCUT2D eigenvalue weighted by Gasteiger charge is 2.11. The first-order valence-corrected chi connectivity index (χ1v) is 6.56. The number of nitrogens with zero attached hydrogens (tertiary/aromatic N) is 3. The number of rotatable bonds is 6. The Morgan fingerprint density at radius 2 is 2.35 bits per heavy atom. The smallest absolute Gasteiger partial charge is 0.224 e. The van der Waals surface area contributed by atoms with E-state index in [1.54, 1.807) is 0 Å². The van der Waals surface area contributed by atoms with E-state index >= 15 is 0 Å². The van der Waals surface area contributed by atoms with Crippen molar-refractivity contribution in [1.29, 1.82) is 0 Å². The van der Waals surface area contributed by atoms with E-state index in [0.717, 1.165) is 12.0 Å². The molecule has 2 rings (SSSR count). The zero-order chi connectivity index (χ0) is 14.4. The number of anilines is 1. The normalized spacial score (nSPS) is 12.1. The summed E-state index contributed by atoms with van der Waals surface area (Å²) < 4.78 is 0. The summed E-state index contributed by atoms with van der Waals surface area (Å²) in [7, 11) is 0. The summed E-state index contributed by atoms with van der Waals surface area (Å²) in [4.78, 5) is 11.9. The Labute approximate surface area is 117 Å². The van der Waals surface area contributed by atoms with Crippen LogP contribution in [0.15, 0.2) is 24.3 Å². The summed E-state index contributed by atoms with van der Waals surface area (Å²) in [5.41, 5.74) is 7.11. The van der Waals surface area contributed by atoms with Crippen molar-refractivity contribution in [3.8, 4) is 11.4 Å². The Morgan fingerprint density at radius 1 is 1.50 bits per heavy atom. The number of hydrogen-bond donors (Lipinski definition) is 3. The molecule has 0 radical (unpaired) electrons. The van der Waals surface area contributed by atoms with Crippen molar-refractivity contribution in [1.82, 2.24) is 20.6 Å². The molecule has 0 saturated heterocycles. The average molecular weight is 274 g/mol. The fourth-order valence-corrected chi connectivity index (χ4v) is 1.89. The molecular formula is C13H18N6O. The predicted molar refractivity (Wildman–Crippen MR) is 75.7 cm³/mol. The van der Waals surface area contributed by atoms with Crippen molar-refractivity contribution >= 4 is 11.6 Å². The number of amides is 1. The molecule has 1 heterocycles. The fourth-order valence-electron chi connectivity index (χ4n) is 1.89. The van der Waals surface area contributed by atoms with E-state index < -0.39 is 0 Å². The second kappa shape index (κ2) is 6.76. The van der Waals surface area contributed by atoms with E-state index in [2.05, 4.69) is 25.9 Å². The molecule has 0 fully saturated rings.